The average molecular weight is 300 g/mol. The first-order valence-corrected chi connectivity index (χ1v) is 8.51. The molecule has 1 fully saturated rings. The van der Waals surface area contributed by atoms with Crippen LogP contribution in [0.15, 0.2) is 41.7 Å². The third-order valence-electron chi connectivity index (χ3n) is 3.70. The predicted octanol–water partition coefficient (Wildman–Crippen LogP) is 3.12. The molecule has 2 aromatic rings. The third kappa shape index (κ3) is 4.25. The summed E-state index contributed by atoms with van der Waals surface area (Å²) in [5.41, 5.74) is 1.89. The van der Waals surface area contributed by atoms with E-state index in [0.29, 0.717) is 0 Å². The lowest BCUT2D eigenvalue weighted by atomic mass is 10.1. The molecule has 0 amide bonds. The highest BCUT2D eigenvalue weighted by Gasteiger charge is 2.10. The van der Waals surface area contributed by atoms with Gasteiger partial charge in [-0.05, 0) is 25.9 Å². The summed E-state index contributed by atoms with van der Waals surface area (Å²) in [4.78, 5) is 6.94. The minimum absolute atomic E-state index is 0.770. The minimum Gasteiger partial charge on any atom is -0.303 e. The van der Waals surface area contributed by atoms with E-state index < -0.39 is 0 Å². The monoisotopic (exact) mass is 300 g/mol. The van der Waals surface area contributed by atoms with Gasteiger partial charge < -0.3 is 4.90 Å². The molecule has 0 aliphatic carbocycles. The lowest BCUT2D eigenvalue weighted by molar-refractivity contribution is 0.242. The number of hydrogen-bond acceptors (Lipinski definition) is 5. The maximum absolute atomic E-state index is 4.41. The van der Waals surface area contributed by atoms with E-state index in [1.807, 2.05) is 36.5 Å². The molecule has 1 saturated heterocycles. The summed E-state index contributed by atoms with van der Waals surface area (Å²) < 4.78 is 0. The highest BCUT2D eigenvalue weighted by atomic mass is 32.2. The van der Waals surface area contributed by atoms with Gasteiger partial charge in [0.1, 0.15) is 5.69 Å². The number of aromatic nitrogens is 3. The molecule has 5 heteroatoms. The van der Waals surface area contributed by atoms with E-state index in [1.165, 1.54) is 32.4 Å². The van der Waals surface area contributed by atoms with Crippen molar-refractivity contribution in [2.45, 2.75) is 24.4 Å². The Morgan fingerprint density at radius 1 is 1.00 bits per heavy atom. The van der Waals surface area contributed by atoms with Gasteiger partial charge in [0.25, 0.3) is 0 Å². The second-order valence-electron chi connectivity index (χ2n) is 5.24. The number of benzene rings is 1. The van der Waals surface area contributed by atoms with E-state index in [2.05, 4.69) is 20.1 Å². The molecule has 3 rings (SSSR count). The molecule has 0 radical (unpaired) electrons. The maximum atomic E-state index is 4.41. The van der Waals surface area contributed by atoms with Gasteiger partial charge in [0.15, 0.2) is 0 Å². The summed E-state index contributed by atoms with van der Waals surface area (Å²) in [6.45, 7) is 3.60. The van der Waals surface area contributed by atoms with Crippen molar-refractivity contribution in [1.82, 2.24) is 20.1 Å². The Labute approximate surface area is 130 Å². The van der Waals surface area contributed by atoms with Crippen LogP contribution in [0, 0.1) is 0 Å². The van der Waals surface area contributed by atoms with Crippen LogP contribution in [0.1, 0.15) is 19.3 Å². The Kier molecular flexibility index (Phi) is 5.18. The average Bonchev–Trinajstić information content (AvgIpc) is 2.57. The first-order chi connectivity index (χ1) is 10.4. The van der Waals surface area contributed by atoms with Crippen molar-refractivity contribution in [3.8, 4) is 11.3 Å². The van der Waals surface area contributed by atoms with Crippen LogP contribution in [0.2, 0.25) is 0 Å². The van der Waals surface area contributed by atoms with Gasteiger partial charge in [0.05, 0.1) is 6.20 Å². The lowest BCUT2D eigenvalue weighted by Crippen LogP contribution is -2.31. The van der Waals surface area contributed by atoms with Crippen molar-refractivity contribution >= 4 is 11.8 Å². The molecule has 21 heavy (non-hydrogen) atoms. The van der Waals surface area contributed by atoms with Crippen LogP contribution in [-0.2, 0) is 0 Å². The lowest BCUT2D eigenvalue weighted by Gasteiger charge is -2.25. The molecule has 1 aliphatic heterocycles. The molecule has 2 heterocycles. The van der Waals surface area contributed by atoms with E-state index in [1.54, 1.807) is 11.8 Å². The Balaban J connectivity index is 1.50. The Hall–Kier alpha value is -1.46. The number of rotatable bonds is 5. The van der Waals surface area contributed by atoms with Crippen molar-refractivity contribution in [3.63, 3.8) is 0 Å². The number of likely N-dealkylation sites (tertiary alicyclic amines) is 1. The summed E-state index contributed by atoms with van der Waals surface area (Å²) >= 11 is 1.69. The Morgan fingerprint density at radius 2 is 1.81 bits per heavy atom. The third-order valence-corrected chi connectivity index (χ3v) is 4.53. The molecule has 1 aromatic carbocycles. The second kappa shape index (κ2) is 7.52. The molecular formula is C16H20N4S. The van der Waals surface area contributed by atoms with Gasteiger partial charge in [-0.15, -0.1) is 10.2 Å². The summed E-state index contributed by atoms with van der Waals surface area (Å²) in [5, 5.41) is 9.26. The SMILES string of the molecule is c1ccc(-c2cnc(SCCN3CCCCC3)nn2)cc1. The first-order valence-electron chi connectivity index (χ1n) is 7.52. The Bertz CT molecular complexity index is 538. The summed E-state index contributed by atoms with van der Waals surface area (Å²) in [6, 6.07) is 10.0. The van der Waals surface area contributed by atoms with Crippen LogP contribution in [0.3, 0.4) is 0 Å². The fraction of sp³-hybridized carbons (Fsp3) is 0.438. The van der Waals surface area contributed by atoms with E-state index >= 15 is 0 Å². The fourth-order valence-electron chi connectivity index (χ4n) is 2.52. The van der Waals surface area contributed by atoms with Crippen molar-refractivity contribution < 1.29 is 0 Å². The highest BCUT2D eigenvalue weighted by Crippen LogP contribution is 2.17. The van der Waals surface area contributed by atoms with E-state index in [0.717, 1.165) is 28.7 Å². The molecule has 0 unspecified atom stereocenters. The van der Waals surface area contributed by atoms with Gasteiger partial charge in [-0.2, -0.15) is 0 Å². The van der Waals surface area contributed by atoms with Crippen LogP contribution >= 0.6 is 11.8 Å². The molecule has 110 valence electrons. The number of nitrogens with zero attached hydrogens (tertiary/aromatic N) is 4. The fourth-order valence-corrected chi connectivity index (χ4v) is 3.28. The van der Waals surface area contributed by atoms with Gasteiger partial charge in [-0.3, -0.25) is 0 Å². The number of hydrogen-bond donors (Lipinski definition) is 0. The summed E-state index contributed by atoms with van der Waals surface area (Å²) in [7, 11) is 0. The first kappa shape index (κ1) is 14.5. The molecule has 0 saturated carbocycles. The van der Waals surface area contributed by atoms with Crippen LogP contribution in [0.4, 0.5) is 0 Å². The quantitative estimate of drug-likeness (QED) is 0.794. The van der Waals surface area contributed by atoms with Gasteiger partial charge in [-0.25, -0.2) is 4.98 Å². The van der Waals surface area contributed by atoms with E-state index in [4.69, 9.17) is 0 Å². The number of thioether (sulfide) groups is 1. The summed E-state index contributed by atoms with van der Waals surface area (Å²) in [6.07, 6.45) is 5.88. The molecule has 0 atom stereocenters. The molecule has 1 aromatic heterocycles. The predicted molar refractivity (Wildman–Crippen MR) is 86.3 cm³/mol. The second-order valence-corrected chi connectivity index (χ2v) is 6.30. The minimum atomic E-state index is 0.770. The van der Waals surface area contributed by atoms with Crippen LogP contribution in [0.5, 0.6) is 0 Å². The van der Waals surface area contributed by atoms with Crippen molar-refractivity contribution in [1.29, 1.82) is 0 Å². The van der Waals surface area contributed by atoms with Crippen molar-refractivity contribution in [2.75, 3.05) is 25.4 Å². The maximum Gasteiger partial charge on any atom is 0.209 e. The molecule has 0 N–H and O–H groups in total. The van der Waals surface area contributed by atoms with Crippen LogP contribution in [-0.4, -0.2) is 45.5 Å². The molecule has 1 aliphatic rings. The standard InChI is InChI=1S/C16H20N4S/c1-3-7-14(8-4-1)15-13-17-16(19-18-15)21-12-11-20-9-5-2-6-10-20/h1,3-4,7-8,13H,2,5-6,9-12H2. The number of piperidine rings is 1. The molecule has 0 bridgehead atoms. The molecule has 0 spiro atoms. The summed E-state index contributed by atoms with van der Waals surface area (Å²) in [5.74, 6) is 1.03. The van der Waals surface area contributed by atoms with E-state index in [-0.39, 0.29) is 0 Å². The smallest absolute Gasteiger partial charge is 0.209 e. The zero-order valence-corrected chi connectivity index (χ0v) is 12.9. The van der Waals surface area contributed by atoms with Crippen molar-refractivity contribution in [2.24, 2.45) is 0 Å². The van der Waals surface area contributed by atoms with Gasteiger partial charge in [0.2, 0.25) is 5.16 Å². The molecule has 4 nitrogen and oxygen atoms in total. The van der Waals surface area contributed by atoms with Crippen LogP contribution < -0.4 is 0 Å². The topological polar surface area (TPSA) is 41.9 Å². The van der Waals surface area contributed by atoms with E-state index in [9.17, 15) is 0 Å². The van der Waals surface area contributed by atoms with Gasteiger partial charge >= 0.3 is 0 Å². The van der Waals surface area contributed by atoms with Crippen molar-refractivity contribution in [3.05, 3.63) is 36.5 Å². The largest absolute Gasteiger partial charge is 0.303 e. The Morgan fingerprint density at radius 3 is 2.52 bits per heavy atom. The zero-order chi connectivity index (χ0) is 14.3. The molecular weight excluding hydrogens is 280 g/mol. The normalized spacial score (nSPS) is 16.0. The zero-order valence-electron chi connectivity index (χ0n) is 12.1. The highest BCUT2D eigenvalue weighted by molar-refractivity contribution is 7.99. The van der Waals surface area contributed by atoms with Gasteiger partial charge in [0, 0.05) is 17.9 Å². The van der Waals surface area contributed by atoms with Gasteiger partial charge in [-0.1, -0.05) is 48.5 Å². The van der Waals surface area contributed by atoms with Crippen LogP contribution in [0.25, 0.3) is 11.3 Å².